The van der Waals surface area contributed by atoms with Crippen LogP contribution in [0, 0.1) is 46.2 Å². The number of halogens is 6. The predicted octanol–water partition coefficient (Wildman–Crippen LogP) is 7.69. The molecule has 1 spiro atoms. The number of pyridine rings is 1. The molecule has 288 valence electrons. The molecular weight excluding hydrogens is 761 g/mol. The standard InChI is InChI=1S/C40H31F6N5O4S/c41-21-12-30(45)33(31(46)13-21)49-38(54)40-16-27(40)24-5-8-51(32-15-29(44)28(43)14-25(32)34(24)56-40)37(53)20-1-3-23(4-2-20)48-36(52)26-11-22(42)17-47-35(26)50-18-39(19-50)6-9-55-10-7-39/h1-4,11-15,17,27H,5-10,16,18-19H2,(H,48,52)(H,49,54). The summed E-state index contributed by atoms with van der Waals surface area (Å²) in [5, 5.41) is 5.00. The van der Waals surface area contributed by atoms with Crippen LogP contribution in [0.3, 0.4) is 0 Å². The summed E-state index contributed by atoms with van der Waals surface area (Å²) >= 11 is 1.06. The average molecular weight is 792 g/mol. The Labute approximate surface area is 320 Å². The van der Waals surface area contributed by atoms with Gasteiger partial charge in [-0.15, -0.1) is 11.8 Å². The molecule has 9 rings (SSSR count). The molecule has 0 radical (unpaired) electrons. The first-order chi connectivity index (χ1) is 26.8. The monoisotopic (exact) mass is 791 g/mol. The van der Waals surface area contributed by atoms with Gasteiger partial charge in [0.2, 0.25) is 5.91 Å². The Balaban J connectivity index is 0.921. The van der Waals surface area contributed by atoms with E-state index in [-0.39, 0.29) is 40.8 Å². The lowest BCUT2D eigenvalue weighted by molar-refractivity contribution is -0.116. The highest BCUT2D eigenvalue weighted by molar-refractivity contribution is 8.11. The summed E-state index contributed by atoms with van der Waals surface area (Å²) < 4.78 is 90.5. The molecule has 3 aromatic carbocycles. The fourth-order valence-electron chi connectivity index (χ4n) is 8.30. The molecule has 3 fully saturated rings. The minimum Gasteiger partial charge on any atom is -0.381 e. The zero-order valence-electron chi connectivity index (χ0n) is 29.4. The first-order valence-corrected chi connectivity index (χ1v) is 18.8. The van der Waals surface area contributed by atoms with Crippen molar-refractivity contribution in [2.24, 2.45) is 11.3 Å². The minimum absolute atomic E-state index is 0.0321. The molecule has 16 heteroatoms. The van der Waals surface area contributed by atoms with Crippen molar-refractivity contribution in [1.29, 1.82) is 0 Å². The van der Waals surface area contributed by atoms with Crippen LogP contribution in [-0.2, 0) is 9.53 Å². The van der Waals surface area contributed by atoms with Crippen LogP contribution in [0.5, 0.6) is 0 Å². The van der Waals surface area contributed by atoms with E-state index < -0.39 is 69.0 Å². The maximum absolute atomic E-state index is 14.8. The van der Waals surface area contributed by atoms with Crippen LogP contribution in [0.2, 0.25) is 0 Å². The lowest BCUT2D eigenvalue weighted by Crippen LogP contribution is -2.59. The van der Waals surface area contributed by atoms with Crippen molar-refractivity contribution >= 4 is 57.3 Å². The SMILES string of the molecule is O=C(Nc1ccc(C(=O)N2CCC3=C(SC4(C(=O)Nc5c(F)cc(F)cc5F)CC34)c3cc(F)c(F)cc32)cc1)c1cc(F)cnc1N1CC2(CCOCC2)C1. The summed E-state index contributed by atoms with van der Waals surface area (Å²) in [6, 6.07) is 9.86. The van der Waals surface area contributed by atoms with Gasteiger partial charge >= 0.3 is 0 Å². The fraction of sp³-hybridized carbons (Fsp3) is 0.300. The summed E-state index contributed by atoms with van der Waals surface area (Å²) in [4.78, 5) is 48.9. The van der Waals surface area contributed by atoms with Crippen LogP contribution in [0.15, 0.2) is 66.4 Å². The Morgan fingerprint density at radius 1 is 0.839 bits per heavy atom. The highest BCUT2D eigenvalue weighted by Gasteiger charge is 2.67. The molecule has 2 atom stereocenters. The van der Waals surface area contributed by atoms with Gasteiger partial charge in [0.15, 0.2) is 23.3 Å². The number of nitrogens with zero attached hydrogens (tertiary/aromatic N) is 3. The van der Waals surface area contributed by atoms with Gasteiger partial charge in [0, 0.05) is 84.1 Å². The van der Waals surface area contributed by atoms with Crippen molar-refractivity contribution in [2.75, 3.05) is 53.3 Å². The molecule has 9 nitrogen and oxygen atoms in total. The summed E-state index contributed by atoms with van der Waals surface area (Å²) in [5.41, 5.74) is 0.815. The lowest BCUT2D eigenvalue weighted by atomic mass is 9.73. The number of ether oxygens (including phenoxy) is 1. The molecule has 5 aliphatic rings. The van der Waals surface area contributed by atoms with Crippen LogP contribution in [0.25, 0.3) is 4.91 Å². The van der Waals surface area contributed by atoms with Gasteiger partial charge in [0.25, 0.3) is 11.8 Å². The number of anilines is 4. The molecule has 2 N–H and O–H groups in total. The lowest BCUT2D eigenvalue weighted by Gasteiger charge is -2.53. The van der Waals surface area contributed by atoms with Crippen LogP contribution in [0.1, 0.15) is 52.0 Å². The molecule has 0 bridgehead atoms. The first kappa shape index (κ1) is 36.3. The Morgan fingerprint density at radius 3 is 2.25 bits per heavy atom. The second-order valence-electron chi connectivity index (χ2n) is 14.8. The predicted molar refractivity (Wildman–Crippen MR) is 196 cm³/mol. The molecule has 1 saturated carbocycles. The third-order valence-corrected chi connectivity index (χ3v) is 13.0. The van der Waals surface area contributed by atoms with Gasteiger partial charge in [0.05, 0.1) is 17.4 Å². The number of rotatable bonds is 6. The summed E-state index contributed by atoms with van der Waals surface area (Å²) in [6.45, 7) is 2.73. The van der Waals surface area contributed by atoms with Gasteiger partial charge in [-0.1, -0.05) is 0 Å². The third-order valence-electron chi connectivity index (χ3n) is 11.3. The van der Waals surface area contributed by atoms with Gasteiger partial charge < -0.3 is 25.2 Å². The van der Waals surface area contributed by atoms with E-state index in [1.165, 1.54) is 29.2 Å². The number of amides is 3. The average Bonchev–Trinajstić information content (AvgIpc) is 3.84. The normalized spacial score (nSPS) is 21.8. The van der Waals surface area contributed by atoms with E-state index in [1.807, 2.05) is 4.90 Å². The largest absolute Gasteiger partial charge is 0.381 e. The Bertz CT molecular complexity index is 2360. The molecule has 1 aromatic heterocycles. The van der Waals surface area contributed by atoms with Crippen molar-refractivity contribution < 1.29 is 45.5 Å². The van der Waals surface area contributed by atoms with Crippen molar-refractivity contribution in [2.45, 2.75) is 30.4 Å². The third kappa shape index (κ3) is 6.09. The molecular formula is C40H31F6N5O4S. The van der Waals surface area contributed by atoms with E-state index in [1.54, 1.807) is 0 Å². The van der Waals surface area contributed by atoms with E-state index in [0.717, 1.165) is 54.6 Å². The summed E-state index contributed by atoms with van der Waals surface area (Å²) in [5.74, 6) is -8.63. The zero-order valence-corrected chi connectivity index (χ0v) is 30.2. The number of thioether (sulfide) groups is 1. The van der Waals surface area contributed by atoms with Crippen molar-refractivity contribution in [3.8, 4) is 0 Å². The zero-order chi connectivity index (χ0) is 39.1. The number of fused-ring (bicyclic) bond motifs is 4. The quantitative estimate of drug-likeness (QED) is 0.193. The maximum atomic E-state index is 14.8. The summed E-state index contributed by atoms with van der Waals surface area (Å²) in [6.07, 6.45) is 3.40. The highest BCUT2D eigenvalue weighted by Crippen LogP contribution is 2.71. The number of hydrogen-bond acceptors (Lipinski definition) is 7. The van der Waals surface area contributed by atoms with Gasteiger partial charge in [-0.05, 0) is 67.7 Å². The molecule has 2 unspecified atom stereocenters. The number of nitrogens with one attached hydrogen (secondary N) is 2. The second kappa shape index (κ2) is 13.4. The van der Waals surface area contributed by atoms with E-state index in [9.17, 15) is 40.7 Å². The van der Waals surface area contributed by atoms with Crippen LogP contribution in [-0.4, -0.2) is 60.3 Å². The van der Waals surface area contributed by atoms with Crippen molar-refractivity contribution in [3.05, 3.63) is 118 Å². The van der Waals surface area contributed by atoms with Crippen LogP contribution < -0.4 is 20.4 Å². The van der Waals surface area contributed by atoms with Gasteiger partial charge in [-0.2, -0.15) is 0 Å². The Morgan fingerprint density at radius 2 is 1.54 bits per heavy atom. The maximum Gasteiger partial charge on any atom is 0.259 e. The molecule has 1 aliphatic carbocycles. The van der Waals surface area contributed by atoms with E-state index >= 15 is 0 Å². The first-order valence-electron chi connectivity index (χ1n) is 17.9. The second-order valence-corrected chi connectivity index (χ2v) is 16.2. The smallest absolute Gasteiger partial charge is 0.259 e. The Kier molecular flexibility index (Phi) is 8.68. The number of hydrogen-bond donors (Lipinski definition) is 2. The number of benzene rings is 3. The van der Waals surface area contributed by atoms with E-state index in [2.05, 4.69) is 15.6 Å². The summed E-state index contributed by atoms with van der Waals surface area (Å²) in [7, 11) is 0. The highest BCUT2D eigenvalue weighted by atomic mass is 32.2. The molecule has 56 heavy (non-hydrogen) atoms. The molecule has 3 amide bonds. The number of aromatic nitrogens is 1. The van der Waals surface area contributed by atoms with E-state index in [4.69, 9.17) is 4.74 Å². The van der Waals surface area contributed by atoms with E-state index in [0.29, 0.717) is 61.3 Å². The molecule has 5 heterocycles. The Hall–Kier alpha value is -5.35. The molecule has 4 aliphatic heterocycles. The van der Waals surface area contributed by atoms with Gasteiger partial charge in [-0.3, -0.25) is 14.4 Å². The topological polar surface area (TPSA) is 104 Å². The number of carbonyl (C=O) groups is 3. The van der Waals surface area contributed by atoms with Crippen molar-refractivity contribution in [3.63, 3.8) is 0 Å². The van der Waals surface area contributed by atoms with Gasteiger partial charge in [0.1, 0.15) is 27.9 Å². The fourth-order valence-corrected chi connectivity index (χ4v) is 9.99. The van der Waals surface area contributed by atoms with Gasteiger partial charge in [-0.25, -0.2) is 31.3 Å². The number of carbonyl (C=O) groups excluding carboxylic acids is 3. The molecule has 4 aromatic rings. The minimum atomic E-state index is -1.28. The van der Waals surface area contributed by atoms with Crippen molar-refractivity contribution in [1.82, 2.24) is 4.98 Å². The van der Waals surface area contributed by atoms with Crippen LogP contribution in [0.4, 0.5) is 49.2 Å². The molecule has 2 saturated heterocycles. The van der Waals surface area contributed by atoms with Crippen LogP contribution >= 0.6 is 11.8 Å².